The first-order chi connectivity index (χ1) is 11.5. The Morgan fingerprint density at radius 3 is 1.46 bits per heavy atom. The van der Waals surface area contributed by atoms with Crippen molar-refractivity contribution in [3.05, 3.63) is 21.1 Å². The summed E-state index contributed by atoms with van der Waals surface area (Å²) in [6, 6.07) is 0. The monoisotopic (exact) mass is 368 g/mol. The lowest BCUT2D eigenvalue weighted by Crippen LogP contribution is -2.05. The van der Waals surface area contributed by atoms with Gasteiger partial charge in [-0.05, 0) is 26.7 Å². The largest absolute Gasteiger partial charge is 0.462 e. The molecule has 0 amide bonds. The lowest BCUT2D eigenvalue weighted by Gasteiger charge is -1.99. The van der Waals surface area contributed by atoms with Crippen LogP contribution < -0.4 is 0 Å². The molecular weight excluding hydrogens is 348 g/mol. The molecule has 2 aromatic rings. The van der Waals surface area contributed by atoms with Crippen LogP contribution in [0.2, 0.25) is 0 Å². The Balaban J connectivity index is 2.41. The zero-order chi connectivity index (χ0) is 17.7. The minimum Gasteiger partial charge on any atom is -0.462 e. The minimum absolute atomic E-state index is 0.319. The highest BCUT2D eigenvalue weighted by molar-refractivity contribution is 7.23. The molecule has 0 saturated heterocycles. The van der Waals surface area contributed by atoms with Crippen LogP contribution in [0.4, 0.5) is 0 Å². The molecule has 130 valence electrons. The molecule has 0 aliphatic carbocycles. The van der Waals surface area contributed by atoms with E-state index >= 15 is 0 Å². The van der Waals surface area contributed by atoms with Crippen LogP contribution in [0.5, 0.6) is 0 Å². The third-order valence-corrected chi connectivity index (χ3v) is 5.47. The molecular formula is C16H20N2O4S2. The Bertz CT molecular complexity index is 674. The van der Waals surface area contributed by atoms with E-state index in [9.17, 15) is 9.59 Å². The smallest absolute Gasteiger partial charge is 0.350 e. The molecule has 0 aliphatic heterocycles. The molecule has 0 bridgehead atoms. The second-order valence-electron chi connectivity index (χ2n) is 4.74. The number of carbonyl (C=O) groups excluding carboxylic acids is 2. The number of carbonyl (C=O) groups is 2. The highest BCUT2D eigenvalue weighted by Crippen LogP contribution is 2.34. The maximum Gasteiger partial charge on any atom is 0.350 e. The van der Waals surface area contributed by atoms with Gasteiger partial charge in [0, 0.05) is 0 Å². The van der Waals surface area contributed by atoms with Crippen molar-refractivity contribution in [3.8, 4) is 10.0 Å². The van der Waals surface area contributed by atoms with Crippen molar-refractivity contribution in [2.24, 2.45) is 0 Å². The van der Waals surface area contributed by atoms with Gasteiger partial charge in [-0.25, -0.2) is 19.6 Å². The zero-order valence-corrected chi connectivity index (χ0v) is 15.8. The molecule has 2 rings (SSSR count). The van der Waals surface area contributed by atoms with E-state index in [1.165, 1.54) is 22.7 Å². The van der Waals surface area contributed by atoms with Gasteiger partial charge in [-0.3, -0.25) is 0 Å². The van der Waals surface area contributed by atoms with E-state index in [-0.39, 0.29) is 11.9 Å². The van der Waals surface area contributed by atoms with Gasteiger partial charge in [-0.2, -0.15) is 0 Å². The van der Waals surface area contributed by atoms with E-state index in [1.807, 2.05) is 13.8 Å². The van der Waals surface area contributed by atoms with Crippen molar-refractivity contribution in [1.82, 2.24) is 9.97 Å². The van der Waals surface area contributed by atoms with Crippen LogP contribution in [0.25, 0.3) is 10.0 Å². The molecule has 0 aromatic carbocycles. The van der Waals surface area contributed by atoms with Crippen molar-refractivity contribution in [3.63, 3.8) is 0 Å². The van der Waals surface area contributed by atoms with E-state index in [0.29, 0.717) is 57.2 Å². The molecule has 0 aliphatic rings. The average molecular weight is 368 g/mol. The van der Waals surface area contributed by atoms with Crippen molar-refractivity contribution < 1.29 is 19.1 Å². The van der Waals surface area contributed by atoms with Crippen molar-refractivity contribution in [2.75, 3.05) is 13.2 Å². The Labute approximate surface area is 148 Å². The Hall–Kier alpha value is -1.80. The molecule has 0 N–H and O–H groups in total. The van der Waals surface area contributed by atoms with Crippen molar-refractivity contribution in [2.45, 2.75) is 40.5 Å². The predicted octanol–water partition coefficient (Wildman–Crippen LogP) is 3.74. The average Bonchev–Trinajstić information content (AvgIpc) is 3.19. The molecule has 0 saturated carbocycles. The highest BCUT2D eigenvalue weighted by atomic mass is 32.1. The van der Waals surface area contributed by atoms with Gasteiger partial charge in [-0.1, -0.05) is 13.8 Å². The molecule has 24 heavy (non-hydrogen) atoms. The summed E-state index contributed by atoms with van der Waals surface area (Å²) >= 11 is 2.51. The normalized spacial score (nSPS) is 10.7. The molecule has 0 unspecified atom stereocenters. The van der Waals surface area contributed by atoms with Gasteiger partial charge in [0.2, 0.25) is 0 Å². The molecule has 0 spiro atoms. The fourth-order valence-electron chi connectivity index (χ4n) is 2.08. The SMILES string of the molecule is CCOC(=O)c1sc(-c2nc(CC)c(C(=O)OCC)s2)nc1CC. The van der Waals surface area contributed by atoms with Gasteiger partial charge >= 0.3 is 11.9 Å². The summed E-state index contributed by atoms with van der Waals surface area (Å²) in [5.74, 6) is -0.730. The number of aryl methyl sites for hydroxylation is 2. The van der Waals surface area contributed by atoms with Crippen LogP contribution in [0.3, 0.4) is 0 Å². The second kappa shape index (κ2) is 8.34. The van der Waals surface area contributed by atoms with E-state index in [4.69, 9.17) is 9.47 Å². The first-order valence-electron chi connectivity index (χ1n) is 7.89. The minimum atomic E-state index is -0.365. The first kappa shape index (κ1) is 18.5. The molecule has 0 radical (unpaired) electrons. The van der Waals surface area contributed by atoms with E-state index in [2.05, 4.69) is 9.97 Å². The number of hydrogen-bond acceptors (Lipinski definition) is 8. The summed E-state index contributed by atoms with van der Waals surface area (Å²) in [5.41, 5.74) is 1.39. The van der Waals surface area contributed by atoms with E-state index in [0.717, 1.165) is 0 Å². The van der Waals surface area contributed by atoms with Gasteiger partial charge in [0.05, 0.1) is 24.6 Å². The molecule has 0 atom stereocenters. The second-order valence-corrected chi connectivity index (χ2v) is 6.74. The third-order valence-electron chi connectivity index (χ3n) is 3.17. The summed E-state index contributed by atoms with van der Waals surface area (Å²) in [6.07, 6.45) is 1.25. The van der Waals surface area contributed by atoms with Gasteiger partial charge < -0.3 is 9.47 Å². The lowest BCUT2D eigenvalue weighted by molar-refractivity contribution is 0.0520. The number of aromatic nitrogens is 2. The van der Waals surface area contributed by atoms with Crippen LogP contribution in [0, 0.1) is 0 Å². The van der Waals surface area contributed by atoms with Crippen LogP contribution in [-0.2, 0) is 22.3 Å². The summed E-state index contributed by atoms with van der Waals surface area (Å²) in [7, 11) is 0. The number of nitrogens with zero attached hydrogens (tertiary/aromatic N) is 2. The Kier molecular flexibility index (Phi) is 6.44. The summed E-state index contributed by atoms with van der Waals surface area (Å²) in [5, 5.41) is 1.26. The fourth-order valence-corrected chi connectivity index (χ4v) is 4.19. The zero-order valence-electron chi connectivity index (χ0n) is 14.2. The molecule has 2 heterocycles. The number of rotatable bonds is 7. The first-order valence-corrected chi connectivity index (χ1v) is 9.52. The standard InChI is InChI=1S/C16H20N2O4S2/c1-5-9-11(15(19)21-7-3)23-13(17-9)14-18-10(6-2)12(24-14)16(20)22-8-4/h5-8H2,1-4H3. The summed E-state index contributed by atoms with van der Waals surface area (Å²) in [4.78, 5) is 34.1. The van der Waals surface area contributed by atoms with Crippen LogP contribution >= 0.6 is 22.7 Å². The number of thiazole rings is 2. The van der Waals surface area contributed by atoms with E-state index in [1.54, 1.807) is 13.8 Å². The number of ether oxygens (including phenoxy) is 2. The Morgan fingerprint density at radius 1 is 0.792 bits per heavy atom. The fraction of sp³-hybridized carbons (Fsp3) is 0.500. The highest BCUT2D eigenvalue weighted by Gasteiger charge is 2.24. The Morgan fingerprint density at radius 2 is 1.17 bits per heavy atom. The predicted molar refractivity (Wildman–Crippen MR) is 93.9 cm³/mol. The maximum atomic E-state index is 12.0. The molecule has 2 aromatic heterocycles. The quantitative estimate of drug-likeness (QED) is 0.693. The number of esters is 2. The molecule has 6 nitrogen and oxygen atoms in total. The van der Waals surface area contributed by atoms with Crippen molar-refractivity contribution >= 4 is 34.6 Å². The summed E-state index contributed by atoms with van der Waals surface area (Å²) in [6.45, 7) is 8.05. The van der Waals surface area contributed by atoms with Crippen LogP contribution in [-0.4, -0.2) is 35.1 Å². The van der Waals surface area contributed by atoms with Crippen molar-refractivity contribution in [1.29, 1.82) is 0 Å². The summed E-state index contributed by atoms with van der Waals surface area (Å²) < 4.78 is 10.2. The molecule has 8 heteroatoms. The lowest BCUT2D eigenvalue weighted by atomic mass is 10.3. The maximum absolute atomic E-state index is 12.0. The van der Waals surface area contributed by atoms with Gasteiger partial charge in [-0.15, -0.1) is 22.7 Å². The van der Waals surface area contributed by atoms with Gasteiger partial charge in [0.15, 0.2) is 10.0 Å². The van der Waals surface area contributed by atoms with Gasteiger partial charge in [0.25, 0.3) is 0 Å². The molecule has 0 fully saturated rings. The number of hydrogen-bond donors (Lipinski definition) is 0. The topological polar surface area (TPSA) is 78.4 Å². The van der Waals surface area contributed by atoms with Crippen LogP contribution in [0.1, 0.15) is 58.4 Å². The third kappa shape index (κ3) is 3.81. The van der Waals surface area contributed by atoms with Gasteiger partial charge in [0.1, 0.15) is 9.75 Å². The van der Waals surface area contributed by atoms with Crippen LogP contribution in [0.15, 0.2) is 0 Å². The van der Waals surface area contributed by atoms with E-state index < -0.39 is 0 Å².